The van der Waals surface area contributed by atoms with Crippen LogP contribution in [-0.4, -0.2) is 49.3 Å². The van der Waals surface area contributed by atoms with Gasteiger partial charge < -0.3 is 10.2 Å². The van der Waals surface area contributed by atoms with Gasteiger partial charge in [-0.25, -0.2) is 4.39 Å². The number of nitrogens with zero attached hydrogens (tertiary/aromatic N) is 2. The van der Waals surface area contributed by atoms with Crippen LogP contribution in [0.2, 0.25) is 5.02 Å². The Hall–Kier alpha value is -1.76. The van der Waals surface area contributed by atoms with Gasteiger partial charge in [-0.1, -0.05) is 24.4 Å². The summed E-state index contributed by atoms with van der Waals surface area (Å²) in [6, 6.07) is 13.0. The third-order valence-electron chi connectivity index (χ3n) is 7.91. The second-order valence-electron chi connectivity index (χ2n) is 10.2. The standard InChI is InChI=1S/C28H35ClFN3OS/c29-21-7-12-26-25(18-21)28(24-5-2-1-4-20(24)19-35-26)31-27(34)6-3-13-32-14-16-33(17-15-32)23-10-8-22(30)9-11-23/h7-12,18,20,24,28H,1-6,13-17,19H2,(H,31,34)/t20-,24+,28+/m0/s1. The third-order valence-corrected chi connectivity index (χ3v) is 9.43. The normalized spacial score (nSPS) is 24.9. The highest BCUT2D eigenvalue weighted by Gasteiger charge is 2.37. The summed E-state index contributed by atoms with van der Waals surface area (Å²) in [5, 5.41) is 4.19. The van der Waals surface area contributed by atoms with E-state index in [1.165, 1.54) is 48.3 Å². The predicted octanol–water partition coefficient (Wildman–Crippen LogP) is 6.15. The molecule has 7 heteroatoms. The fraction of sp³-hybridized carbons (Fsp3) is 0.536. The number of hydrogen-bond donors (Lipinski definition) is 1. The molecule has 1 aliphatic carbocycles. The van der Waals surface area contributed by atoms with Crippen LogP contribution in [0.1, 0.15) is 50.1 Å². The molecule has 1 saturated carbocycles. The molecule has 35 heavy (non-hydrogen) atoms. The van der Waals surface area contributed by atoms with E-state index in [1.807, 2.05) is 30.0 Å². The first-order valence-electron chi connectivity index (χ1n) is 13.0. The molecule has 1 amide bonds. The predicted molar refractivity (Wildman–Crippen MR) is 143 cm³/mol. The fourth-order valence-corrected chi connectivity index (χ4v) is 7.48. The Kier molecular flexibility index (Phi) is 8.21. The molecule has 4 nitrogen and oxygen atoms in total. The van der Waals surface area contributed by atoms with Crippen molar-refractivity contribution in [1.82, 2.24) is 10.2 Å². The van der Waals surface area contributed by atoms with E-state index in [0.717, 1.165) is 55.6 Å². The zero-order valence-electron chi connectivity index (χ0n) is 20.2. The Labute approximate surface area is 217 Å². The quantitative estimate of drug-likeness (QED) is 0.500. The van der Waals surface area contributed by atoms with Crippen molar-refractivity contribution >= 4 is 35.0 Å². The molecule has 2 aromatic rings. The monoisotopic (exact) mass is 515 g/mol. The van der Waals surface area contributed by atoms with E-state index in [2.05, 4.69) is 27.2 Å². The number of hydrogen-bond acceptors (Lipinski definition) is 4. The SMILES string of the molecule is O=C(CCCN1CCN(c2ccc(F)cc2)CC1)N[C@H]1c2cc(Cl)ccc2SC[C@@H]2CCCC[C@H]21. The number of nitrogens with one attached hydrogen (secondary N) is 1. The van der Waals surface area contributed by atoms with E-state index in [4.69, 9.17) is 11.6 Å². The van der Waals surface area contributed by atoms with Crippen molar-refractivity contribution in [3.05, 3.63) is 58.9 Å². The van der Waals surface area contributed by atoms with E-state index in [-0.39, 0.29) is 17.8 Å². The van der Waals surface area contributed by atoms with Crippen molar-refractivity contribution in [3.8, 4) is 0 Å². The minimum atomic E-state index is -0.196. The van der Waals surface area contributed by atoms with E-state index >= 15 is 0 Å². The zero-order valence-corrected chi connectivity index (χ0v) is 21.8. The summed E-state index contributed by atoms with van der Waals surface area (Å²) < 4.78 is 13.2. The van der Waals surface area contributed by atoms with Gasteiger partial charge >= 0.3 is 0 Å². The van der Waals surface area contributed by atoms with Crippen molar-refractivity contribution < 1.29 is 9.18 Å². The highest BCUT2D eigenvalue weighted by molar-refractivity contribution is 7.99. The van der Waals surface area contributed by atoms with E-state index in [0.29, 0.717) is 18.3 Å². The molecule has 2 heterocycles. The van der Waals surface area contributed by atoms with Gasteiger partial charge in [0.05, 0.1) is 6.04 Å². The second-order valence-corrected chi connectivity index (χ2v) is 11.7. The van der Waals surface area contributed by atoms with Crippen LogP contribution in [0.5, 0.6) is 0 Å². The number of benzene rings is 2. The van der Waals surface area contributed by atoms with Crippen molar-refractivity contribution in [1.29, 1.82) is 0 Å². The van der Waals surface area contributed by atoms with Gasteiger partial charge in [0.2, 0.25) is 5.91 Å². The first kappa shape index (κ1) is 24.9. The Morgan fingerprint density at radius 2 is 1.83 bits per heavy atom. The fourth-order valence-electron chi connectivity index (χ4n) is 5.98. The van der Waals surface area contributed by atoms with Crippen molar-refractivity contribution in [3.63, 3.8) is 0 Å². The molecule has 2 aliphatic heterocycles. The first-order chi connectivity index (χ1) is 17.1. The van der Waals surface area contributed by atoms with Crippen LogP contribution in [0.15, 0.2) is 47.4 Å². The lowest BCUT2D eigenvalue weighted by Crippen LogP contribution is -2.46. The summed E-state index contributed by atoms with van der Waals surface area (Å²) in [4.78, 5) is 19.1. The Bertz CT molecular complexity index is 1010. The maximum absolute atomic E-state index is 13.2. The van der Waals surface area contributed by atoms with Crippen LogP contribution in [0.25, 0.3) is 0 Å². The zero-order chi connectivity index (χ0) is 24.2. The number of halogens is 2. The van der Waals surface area contributed by atoms with E-state index in [1.54, 1.807) is 0 Å². The molecule has 2 fully saturated rings. The number of anilines is 1. The summed E-state index contributed by atoms with van der Waals surface area (Å²) in [6.45, 7) is 4.72. The van der Waals surface area contributed by atoms with Gasteiger partial charge in [-0.2, -0.15) is 0 Å². The maximum Gasteiger partial charge on any atom is 0.220 e. The Morgan fingerprint density at radius 3 is 2.63 bits per heavy atom. The molecule has 0 aromatic heterocycles. The molecule has 0 bridgehead atoms. The lowest BCUT2D eigenvalue weighted by molar-refractivity contribution is -0.122. The van der Waals surface area contributed by atoms with Crippen molar-refractivity contribution in [2.75, 3.05) is 43.4 Å². The molecule has 1 saturated heterocycles. The molecule has 0 spiro atoms. The number of piperazine rings is 1. The molecule has 3 atom stereocenters. The summed E-state index contributed by atoms with van der Waals surface area (Å²) in [5.41, 5.74) is 2.29. The molecule has 1 N–H and O–H groups in total. The number of fused-ring (bicyclic) bond motifs is 2. The van der Waals surface area contributed by atoms with Crippen LogP contribution in [0.3, 0.4) is 0 Å². The van der Waals surface area contributed by atoms with Crippen LogP contribution >= 0.6 is 23.4 Å². The minimum absolute atomic E-state index is 0.0655. The first-order valence-corrected chi connectivity index (χ1v) is 14.4. The lowest BCUT2D eigenvalue weighted by Gasteiger charge is -2.36. The van der Waals surface area contributed by atoms with Gasteiger partial charge in [-0.3, -0.25) is 9.69 Å². The average Bonchev–Trinajstić information content (AvgIpc) is 3.02. The molecule has 3 aliphatic rings. The molecule has 0 unspecified atom stereocenters. The Balaban J connectivity index is 1.13. The molecular formula is C28H35ClFN3OS. The van der Waals surface area contributed by atoms with Gasteiger partial charge in [0.15, 0.2) is 0 Å². The summed E-state index contributed by atoms with van der Waals surface area (Å²) in [5.74, 6) is 2.25. The molecular weight excluding hydrogens is 481 g/mol. The van der Waals surface area contributed by atoms with Crippen LogP contribution in [-0.2, 0) is 4.79 Å². The second kappa shape index (κ2) is 11.5. The van der Waals surface area contributed by atoms with Crippen LogP contribution in [0, 0.1) is 17.7 Å². The van der Waals surface area contributed by atoms with E-state index < -0.39 is 0 Å². The third kappa shape index (κ3) is 6.15. The molecule has 2 aromatic carbocycles. The number of carbonyl (C=O) groups excluding carboxylic acids is 1. The molecule has 188 valence electrons. The van der Waals surface area contributed by atoms with Crippen molar-refractivity contribution in [2.45, 2.75) is 49.5 Å². The maximum atomic E-state index is 13.2. The summed E-state index contributed by atoms with van der Waals surface area (Å²) in [7, 11) is 0. The highest BCUT2D eigenvalue weighted by Crippen LogP contribution is 2.47. The van der Waals surface area contributed by atoms with Gasteiger partial charge in [0.25, 0.3) is 0 Å². The van der Waals surface area contributed by atoms with Crippen LogP contribution in [0.4, 0.5) is 10.1 Å². The van der Waals surface area contributed by atoms with Crippen LogP contribution < -0.4 is 10.2 Å². The average molecular weight is 516 g/mol. The van der Waals surface area contributed by atoms with Gasteiger partial charge in [0.1, 0.15) is 5.82 Å². The molecule has 5 rings (SSSR count). The number of rotatable bonds is 6. The smallest absolute Gasteiger partial charge is 0.220 e. The summed E-state index contributed by atoms with van der Waals surface area (Å²) in [6.07, 6.45) is 6.40. The van der Waals surface area contributed by atoms with E-state index in [9.17, 15) is 9.18 Å². The van der Waals surface area contributed by atoms with Gasteiger partial charge in [0, 0.05) is 54.0 Å². The molecule has 0 radical (unpaired) electrons. The number of amides is 1. The minimum Gasteiger partial charge on any atom is -0.369 e. The van der Waals surface area contributed by atoms with Gasteiger partial charge in [-0.05, 0) is 85.7 Å². The lowest BCUT2D eigenvalue weighted by atomic mass is 9.74. The summed E-state index contributed by atoms with van der Waals surface area (Å²) >= 11 is 8.32. The van der Waals surface area contributed by atoms with Crippen molar-refractivity contribution in [2.24, 2.45) is 11.8 Å². The topological polar surface area (TPSA) is 35.6 Å². The highest BCUT2D eigenvalue weighted by atomic mass is 35.5. The number of carbonyl (C=O) groups is 1. The number of thioether (sulfide) groups is 1. The van der Waals surface area contributed by atoms with Gasteiger partial charge in [-0.15, -0.1) is 11.8 Å². The Morgan fingerprint density at radius 1 is 1.06 bits per heavy atom. The largest absolute Gasteiger partial charge is 0.369 e.